The first kappa shape index (κ1) is 8.70. The van der Waals surface area contributed by atoms with Gasteiger partial charge in [-0.1, -0.05) is 4.85 Å². The lowest BCUT2D eigenvalue weighted by Crippen LogP contribution is -2.31. The van der Waals surface area contributed by atoms with Gasteiger partial charge in [0.25, 0.3) is 0 Å². The van der Waals surface area contributed by atoms with E-state index in [2.05, 4.69) is 10.3 Å². The molecule has 0 aliphatic carbocycles. The molecule has 0 saturated heterocycles. The molecule has 0 unspecified atom stereocenters. The first-order valence-corrected chi connectivity index (χ1v) is 3.59. The van der Waals surface area contributed by atoms with Gasteiger partial charge < -0.3 is 4.84 Å². The monoisotopic (exact) mass is 169 g/mol. The third kappa shape index (κ3) is 2.05. The first-order valence-electron chi connectivity index (χ1n) is 3.59. The third-order valence-electron chi connectivity index (χ3n) is 1.19. The normalized spacial score (nSPS) is 11.2. The van der Waals surface area contributed by atoms with Crippen LogP contribution in [0.15, 0.2) is 12.4 Å². The SMILES string of the molecule is CC(C)(C)C(=O)On1ccnn1. The van der Waals surface area contributed by atoms with E-state index in [0.29, 0.717) is 0 Å². The topological polar surface area (TPSA) is 57.0 Å². The van der Waals surface area contributed by atoms with Crippen molar-refractivity contribution in [3.05, 3.63) is 12.4 Å². The molecule has 0 aliphatic heterocycles. The van der Waals surface area contributed by atoms with E-state index in [0.717, 1.165) is 4.85 Å². The van der Waals surface area contributed by atoms with E-state index in [1.54, 1.807) is 20.8 Å². The fraction of sp³-hybridized carbons (Fsp3) is 0.571. The first-order chi connectivity index (χ1) is 5.50. The molecular weight excluding hydrogens is 158 g/mol. The van der Waals surface area contributed by atoms with Crippen LogP contribution in [0.2, 0.25) is 0 Å². The number of aromatic nitrogens is 3. The molecule has 0 fully saturated rings. The van der Waals surface area contributed by atoms with E-state index in [-0.39, 0.29) is 5.97 Å². The number of carbonyl (C=O) groups is 1. The molecule has 1 aromatic rings. The van der Waals surface area contributed by atoms with Crippen molar-refractivity contribution < 1.29 is 9.63 Å². The molecule has 0 bridgehead atoms. The Kier molecular flexibility index (Phi) is 2.12. The summed E-state index contributed by atoms with van der Waals surface area (Å²) in [5.74, 6) is -0.340. The molecule has 0 spiro atoms. The van der Waals surface area contributed by atoms with E-state index in [1.807, 2.05) is 0 Å². The summed E-state index contributed by atoms with van der Waals surface area (Å²) < 4.78 is 0. The highest BCUT2D eigenvalue weighted by molar-refractivity contribution is 5.75. The highest BCUT2D eigenvalue weighted by atomic mass is 16.7. The Bertz CT molecular complexity index is 261. The van der Waals surface area contributed by atoms with Crippen LogP contribution in [0.4, 0.5) is 0 Å². The highest BCUT2D eigenvalue weighted by Gasteiger charge is 2.24. The van der Waals surface area contributed by atoms with Gasteiger partial charge in [0.1, 0.15) is 0 Å². The Morgan fingerprint density at radius 3 is 2.58 bits per heavy atom. The third-order valence-corrected chi connectivity index (χ3v) is 1.19. The summed E-state index contributed by atoms with van der Waals surface area (Å²) in [5.41, 5.74) is -0.522. The standard InChI is InChI=1S/C7H11N3O2/c1-7(2,3)6(11)12-10-5-4-8-9-10/h4-5H,1-3H3. The fourth-order valence-electron chi connectivity index (χ4n) is 0.468. The summed E-state index contributed by atoms with van der Waals surface area (Å²) in [6.07, 6.45) is 2.90. The fourth-order valence-corrected chi connectivity index (χ4v) is 0.468. The number of nitrogens with zero attached hydrogens (tertiary/aromatic N) is 3. The number of rotatable bonds is 1. The maximum Gasteiger partial charge on any atom is 0.340 e. The minimum atomic E-state index is -0.522. The molecule has 0 amide bonds. The summed E-state index contributed by atoms with van der Waals surface area (Å²) >= 11 is 0. The maximum atomic E-state index is 11.2. The van der Waals surface area contributed by atoms with Crippen LogP contribution in [0.3, 0.4) is 0 Å². The van der Waals surface area contributed by atoms with Gasteiger partial charge >= 0.3 is 5.97 Å². The summed E-state index contributed by atoms with van der Waals surface area (Å²) in [4.78, 5) is 17.1. The second-order valence-electron chi connectivity index (χ2n) is 3.43. The van der Waals surface area contributed by atoms with Crippen molar-refractivity contribution in [3.8, 4) is 0 Å². The Labute approximate surface area is 70.3 Å². The molecule has 1 rings (SSSR count). The zero-order chi connectivity index (χ0) is 9.19. The molecule has 0 N–H and O–H groups in total. The molecule has 0 aromatic carbocycles. The molecule has 0 aliphatic rings. The van der Waals surface area contributed by atoms with Crippen LogP contribution in [0, 0.1) is 5.41 Å². The summed E-state index contributed by atoms with van der Waals surface area (Å²) in [5, 5.41) is 6.99. The lowest BCUT2D eigenvalue weighted by atomic mass is 9.98. The van der Waals surface area contributed by atoms with Gasteiger partial charge in [-0.2, -0.15) is 0 Å². The Balaban J connectivity index is 2.60. The van der Waals surface area contributed by atoms with Crippen molar-refractivity contribution >= 4 is 5.97 Å². The van der Waals surface area contributed by atoms with E-state index in [1.165, 1.54) is 12.4 Å². The van der Waals surface area contributed by atoms with Crippen LogP contribution in [0.25, 0.3) is 0 Å². The molecule has 0 radical (unpaired) electrons. The van der Waals surface area contributed by atoms with Crippen molar-refractivity contribution in [3.63, 3.8) is 0 Å². The summed E-state index contributed by atoms with van der Waals surface area (Å²) in [7, 11) is 0. The predicted octanol–water partition coefficient (Wildman–Crippen LogP) is 0.279. The molecule has 1 heterocycles. The highest BCUT2D eigenvalue weighted by Crippen LogP contribution is 2.12. The maximum absolute atomic E-state index is 11.2. The van der Waals surface area contributed by atoms with E-state index >= 15 is 0 Å². The summed E-state index contributed by atoms with van der Waals surface area (Å²) in [6.45, 7) is 5.31. The minimum Gasteiger partial charge on any atom is -0.317 e. The van der Waals surface area contributed by atoms with Crippen molar-refractivity contribution in [1.82, 2.24) is 15.2 Å². The van der Waals surface area contributed by atoms with Gasteiger partial charge in [-0.25, -0.2) is 4.79 Å². The van der Waals surface area contributed by atoms with Crippen LogP contribution < -0.4 is 4.84 Å². The van der Waals surface area contributed by atoms with Gasteiger partial charge in [0, 0.05) is 0 Å². The Hall–Kier alpha value is -1.39. The van der Waals surface area contributed by atoms with Crippen LogP contribution in [-0.4, -0.2) is 21.1 Å². The van der Waals surface area contributed by atoms with Crippen LogP contribution in [0.5, 0.6) is 0 Å². The van der Waals surface area contributed by atoms with Crippen molar-refractivity contribution in [2.45, 2.75) is 20.8 Å². The smallest absolute Gasteiger partial charge is 0.317 e. The molecule has 66 valence electrons. The van der Waals surface area contributed by atoms with Gasteiger partial charge in [0.2, 0.25) is 0 Å². The zero-order valence-electron chi connectivity index (χ0n) is 7.31. The average Bonchev–Trinajstić information content (AvgIpc) is 2.37. The van der Waals surface area contributed by atoms with Gasteiger partial charge in [0.05, 0.1) is 17.8 Å². The van der Waals surface area contributed by atoms with Gasteiger partial charge in [-0.3, -0.25) is 0 Å². The van der Waals surface area contributed by atoms with Crippen LogP contribution in [0.1, 0.15) is 20.8 Å². The Morgan fingerprint density at radius 2 is 2.17 bits per heavy atom. The zero-order valence-corrected chi connectivity index (χ0v) is 7.31. The molecule has 0 saturated carbocycles. The second kappa shape index (κ2) is 2.92. The largest absolute Gasteiger partial charge is 0.340 e. The molecule has 5 heteroatoms. The Morgan fingerprint density at radius 1 is 1.50 bits per heavy atom. The molecule has 1 aromatic heterocycles. The van der Waals surface area contributed by atoms with Crippen LogP contribution >= 0.6 is 0 Å². The number of hydrogen-bond donors (Lipinski definition) is 0. The average molecular weight is 169 g/mol. The molecule has 12 heavy (non-hydrogen) atoms. The lowest BCUT2D eigenvalue weighted by Gasteiger charge is -2.14. The van der Waals surface area contributed by atoms with Crippen molar-refractivity contribution in [2.75, 3.05) is 0 Å². The van der Waals surface area contributed by atoms with E-state index in [4.69, 9.17) is 4.84 Å². The van der Waals surface area contributed by atoms with E-state index in [9.17, 15) is 4.79 Å². The lowest BCUT2D eigenvalue weighted by molar-refractivity contribution is -0.155. The van der Waals surface area contributed by atoms with Crippen molar-refractivity contribution in [2.24, 2.45) is 5.41 Å². The van der Waals surface area contributed by atoms with E-state index < -0.39 is 5.41 Å². The summed E-state index contributed by atoms with van der Waals surface area (Å²) in [6, 6.07) is 0. The molecule has 5 nitrogen and oxygen atoms in total. The quantitative estimate of drug-likeness (QED) is 0.566. The molecule has 0 atom stereocenters. The van der Waals surface area contributed by atoms with Gasteiger partial charge in [0.15, 0.2) is 0 Å². The van der Waals surface area contributed by atoms with Gasteiger partial charge in [-0.15, -0.1) is 5.10 Å². The molecular formula is C7H11N3O2. The van der Waals surface area contributed by atoms with Crippen LogP contribution in [-0.2, 0) is 4.79 Å². The number of hydrogen-bond acceptors (Lipinski definition) is 4. The number of carbonyl (C=O) groups excluding carboxylic acids is 1. The van der Waals surface area contributed by atoms with Crippen molar-refractivity contribution in [1.29, 1.82) is 0 Å². The minimum absolute atomic E-state index is 0.340. The second-order valence-corrected chi connectivity index (χ2v) is 3.43. The van der Waals surface area contributed by atoms with Gasteiger partial charge in [-0.05, 0) is 26.0 Å². The predicted molar refractivity (Wildman–Crippen MR) is 41.1 cm³/mol.